The Labute approximate surface area is 546 Å². The van der Waals surface area contributed by atoms with Gasteiger partial charge in [-0.3, -0.25) is 14.4 Å². The molecule has 4 bridgehead atoms. The van der Waals surface area contributed by atoms with Crippen molar-refractivity contribution in [3.05, 3.63) is 113 Å². The van der Waals surface area contributed by atoms with Crippen LogP contribution in [-0.2, 0) is 47.6 Å². The van der Waals surface area contributed by atoms with E-state index in [9.17, 15) is 28.8 Å². The highest BCUT2D eigenvalue weighted by Gasteiger charge is 2.37. The molecule has 7 rings (SSSR count). The van der Waals surface area contributed by atoms with E-state index >= 15 is 0 Å². The lowest BCUT2D eigenvalue weighted by molar-refractivity contribution is -0.156. The first-order valence-electron chi connectivity index (χ1n) is 33.1. The molecule has 0 saturated heterocycles. The zero-order valence-corrected chi connectivity index (χ0v) is 58.9. The van der Waals surface area contributed by atoms with Crippen molar-refractivity contribution >= 4 is 36.0 Å². The Morgan fingerprint density at radius 1 is 0.422 bits per heavy atom. The number of carbonyl (C=O) groups excluding carboxylic acids is 6. The Balaban J connectivity index is 0.00000104. The summed E-state index contributed by atoms with van der Waals surface area (Å²) >= 11 is 0. The van der Waals surface area contributed by atoms with Gasteiger partial charge in [-0.2, -0.15) is 0 Å². The molecule has 0 aromatic heterocycles. The Bertz CT molecular complexity index is 2260. The molecule has 4 N–H and O–H groups in total. The SMILES string of the molecule is C=C.C=CC1CC(C=C)C(CCC(=O)OC(C)(C)C)C1.C=CC1CC(C=C)C(CCC(C)=O)C1.C=CC1CC(C=C)C(CN)C1.CC(C)(C)OC(=O)CCC1CC2C=CC1C2.CC(C)(C)OC(=O)OC(=O)OC(C)(C)C.COC(C)=O.NCC1CC2C=CC1C2. The molecule has 15 atom stereocenters. The molecule has 0 radical (unpaired) electrons. The second-order valence-electron chi connectivity index (χ2n) is 29.2. The summed E-state index contributed by atoms with van der Waals surface area (Å²) in [6.07, 6.45) is 36.6. The van der Waals surface area contributed by atoms with Gasteiger partial charge in [0, 0.05) is 26.2 Å². The Kier molecular flexibility index (Phi) is 39.9. The van der Waals surface area contributed by atoms with Crippen molar-refractivity contribution in [1.82, 2.24) is 0 Å². The fourth-order valence-electron chi connectivity index (χ4n) is 12.8. The number of hydrogen-bond acceptors (Lipinski definition) is 14. The molecule has 0 amide bonds. The van der Waals surface area contributed by atoms with E-state index in [1.54, 1.807) is 48.5 Å². The van der Waals surface area contributed by atoms with Crippen LogP contribution in [0.5, 0.6) is 0 Å². The third-order valence-electron chi connectivity index (χ3n) is 17.1. The number of fused-ring (bicyclic) bond motifs is 4. The number of allylic oxidation sites excluding steroid dienone is 10. The highest BCUT2D eigenvalue weighted by molar-refractivity contribution is 5.77. The van der Waals surface area contributed by atoms with E-state index in [4.69, 9.17) is 30.4 Å². The van der Waals surface area contributed by atoms with Crippen LogP contribution in [-0.4, -0.2) is 78.6 Å². The quantitative estimate of drug-likeness (QED) is 0.0601. The van der Waals surface area contributed by atoms with Crippen molar-refractivity contribution in [1.29, 1.82) is 0 Å². The summed E-state index contributed by atoms with van der Waals surface area (Å²) in [6.45, 7) is 55.3. The smallest absolute Gasteiger partial charge is 0.469 e. The maximum absolute atomic E-state index is 11.7. The topological polar surface area (TPSA) is 210 Å². The summed E-state index contributed by atoms with van der Waals surface area (Å²) in [5, 5.41) is 0. The molecule has 0 aromatic rings. The van der Waals surface area contributed by atoms with Gasteiger partial charge in [0.25, 0.3) is 0 Å². The summed E-state index contributed by atoms with van der Waals surface area (Å²) in [5.41, 5.74) is 9.11. The van der Waals surface area contributed by atoms with E-state index < -0.39 is 23.5 Å². The van der Waals surface area contributed by atoms with Crippen LogP contribution in [0.15, 0.2) is 113 Å². The summed E-state index contributed by atoms with van der Waals surface area (Å²) < 4.78 is 28.6. The number of esters is 3. The van der Waals surface area contributed by atoms with Gasteiger partial charge >= 0.3 is 30.2 Å². The third-order valence-corrected chi connectivity index (χ3v) is 17.1. The molecule has 0 aliphatic heterocycles. The first-order chi connectivity index (χ1) is 41.9. The van der Waals surface area contributed by atoms with Crippen molar-refractivity contribution in [2.24, 2.45) is 100 Å². The minimum absolute atomic E-state index is 0.0424. The number of Topliss-reactive ketones (excluding diaryl/α,β-unsaturated/α-hetero) is 1. The summed E-state index contributed by atoms with van der Waals surface area (Å²) in [5.74, 6) is 10.2. The van der Waals surface area contributed by atoms with Crippen LogP contribution in [0.25, 0.3) is 0 Å². The molecular weight excluding hydrogens is 1130 g/mol. The minimum atomic E-state index is -1.06. The average Bonchev–Trinajstić information content (AvgIpc) is 1.92. The fourth-order valence-corrected chi connectivity index (χ4v) is 12.8. The van der Waals surface area contributed by atoms with Gasteiger partial charge in [0.2, 0.25) is 0 Å². The van der Waals surface area contributed by atoms with Crippen molar-refractivity contribution in [2.75, 3.05) is 20.2 Å². The summed E-state index contributed by atoms with van der Waals surface area (Å²) in [6, 6.07) is 0. The Morgan fingerprint density at radius 2 is 0.733 bits per heavy atom. The van der Waals surface area contributed by atoms with Crippen molar-refractivity contribution < 1.29 is 57.2 Å². The molecule has 14 nitrogen and oxygen atoms in total. The van der Waals surface area contributed by atoms with E-state index in [1.807, 2.05) is 78.0 Å². The van der Waals surface area contributed by atoms with Crippen LogP contribution < -0.4 is 11.5 Å². The Morgan fingerprint density at radius 3 is 0.978 bits per heavy atom. The van der Waals surface area contributed by atoms with Gasteiger partial charge in [-0.15, -0.1) is 52.6 Å². The number of rotatable bonds is 17. The number of carbonyl (C=O) groups is 6. The molecule has 0 spiro atoms. The lowest BCUT2D eigenvalue weighted by Crippen LogP contribution is -2.29. The van der Waals surface area contributed by atoms with Crippen LogP contribution in [0.1, 0.15) is 200 Å². The van der Waals surface area contributed by atoms with E-state index in [2.05, 4.69) is 86.4 Å². The van der Waals surface area contributed by atoms with E-state index in [1.165, 1.54) is 65.4 Å². The molecule has 7 aliphatic carbocycles. The predicted octanol–water partition coefficient (Wildman–Crippen LogP) is 17.8. The standard InChI is InChI=1S/C16H26O2.C14H22O2.C13H20O.C10H17N.C10H18O5.C8H13N.C3H6O2.C2H4/c1-6-12-10-13(7-2)14(11-12)8-9-15(17)18-16(3,4)5;1-14(2,3)16-13(15)7-6-12-9-10-4-5-11(12)8-10;1-4-11-8-12(5-2)13(9-11)7-6-10(3)14;1-3-8-5-9(4-2)10(6-8)7-11;1-9(2,3)14-7(11)13-8(12)15-10(4,5)6;9-5-8-4-6-1-2-7(8)3-6;1-3(4)5-2;1-2/h6-7,12-14H,1-2,8-11H2,3-5H3;4-5,10-12H,6-9H2,1-3H3;4-5,11-13H,1-2,6-9H2,3H3;3-4,8-10H,1-2,5-7,11H2;1-6H3;1-2,6-8H,3-5,9H2;1-2H3;1-2H2. The molecule has 512 valence electrons. The largest absolute Gasteiger partial charge is 0.519 e. The van der Waals surface area contributed by atoms with Gasteiger partial charge in [-0.25, -0.2) is 9.59 Å². The first-order valence-corrected chi connectivity index (χ1v) is 33.1. The second-order valence-corrected chi connectivity index (χ2v) is 29.2. The van der Waals surface area contributed by atoms with E-state index in [0.29, 0.717) is 71.9 Å². The molecule has 0 aromatic carbocycles. The van der Waals surface area contributed by atoms with Crippen LogP contribution >= 0.6 is 0 Å². The van der Waals surface area contributed by atoms with Gasteiger partial charge in [0.1, 0.15) is 28.2 Å². The first kappa shape index (κ1) is 84.4. The fraction of sp³-hybridized carbons (Fsp3) is 0.684. The van der Waals surface area contributed by atoms with Gasteiger partial charge in [0.05, 0.1) is 7.11 Å². The highest BCUT2D eigenvalue weighted by Crippen LogP contribution is 2.46. The highest BCUT2D eigenvalue weighted by atomic mass is 16.8. The summed E-state index contributed by atoms with van der Waals surface area (Å²) in [7, 11) is 1.35. The lowest BCUT2D eigenvalue weighted by Gasteiger charge is -2.21. The average molecular weight is 1260 g/mol. The van der Waals surface area contributed by atoms with Crippen molar-refractivity contribution in [3.63, 3.8) is 0 Å². The lowest BCUT2D eigenvalue weighted by atomic mass is 9.89. The van der Waals surface area contributed by atoms with Crippen LogP contribution in [0.4, 0.5) is 9.59 Å². The number of ketones is 1. The zero-order valence-electron chi connectivity index (χ0n) is 58.9. The predicted molar refractivity (Wildman–Crippen MR) is 369 cm³/mol. The number of nitrogens with two attached hydrogens (primary N) is 2. The van der Waals surface area contributed by atoms with E-state index in [0.717, 1.165) is 87.1 Å². The van der Waals surface area contributed by atoms with Crippen LogP contribution in [0.3, 0.4) is 0 Å². The Hall–Kier alpha value is -5.60. The van der Waals surface area contributed by atoms with Gasteiger partial charge in [-0.05, 0) is 275 Å². The maximum Gasteiger partial charge on any atom is 0.519 e. The monoisotopic (exact) mass is 1260 g/mol. The number of hydrogen-bond donors (Lipinski definition) is 2. The van der Waals surface area contributed by atoms with Gasteiger partial charge < -0.3 is 44.7 Å². The normalized spacial score (nSPS) is 27.7. The number of ether oxygens (including phenoxy) is 6. The molecular formula is C76H126N2O12. The molecule has 15 unspecified atom stereocenters. The molecule has 7 aliphatic rings. The molecule has 5 fully saturated rings. The molecule has 14 heteroatoms. The third kappa shape index (κ3) is 37.0. The second kappa shape index (κ2) is 42.5. The molecule has 5 saturated carbocycles. The van der Waals surface area contributed by atoms with Crippen LogP contribution in [0, 0.1) is 88.8 Å². The maximum atomic E-state index is 11.7. The number of methoxy groups -OCH3 is 1. The molecule has 90 heavy (non-hydrogen) atoms. The molecule has 0 heterocycles. The zero-order chi connectivity index (χ0) is 69.2. The van der Waals surface area contributed by atoms with Crippen LogP contribution in [0.2, 0.25) is 0 Å². The van der Waals surface area contributed by atoms with Gasteiger partial charge in [0.15, 0.2) is 0 Å². The van der Waals surface area contributed by atoms with Crippen molar-refractivity contribution in [3.8, 4) is 0 Å². The summed E-state index contributed by atoms with van der Waals surface area (Å²) in [4.78, 5) is 65.8. The van der Waals surface area contributed by atoms with E-state index in [-0.39, 0.29) is 29.1 Å². The van der Waals surface area contributed by atoms with Crippen molar-refractivity contribution in [2.45, 2.75) is 222 Å². The minimum Gasteiger partial charge on any atom is -0.469 e. The van der Waals surface area contributed by atoms with Gasteiger partial charge in [-0.1, -0.05) is 60.8 Å².